The van der Waals surface area contributed by atoms with Crippen molar-refractivity contribution in [3.8, 4) is 0 Å². The summed E-state index contributed by atoms with van der Waals surface area (Å²) in [5, 5.41) is 1.18. The predicted molar refractivity (Wildman–Crippen MR) is 103 cm³/mol. The molecule has 0 aliphatic carbocycles. The first-order valence-electron chi connectivity index (χ1n) is 9.15. The number of aryl methyl sites for hydroxylation is 1. The van der Waals surface area contributed by atoms with Gasteiger partial charge in [-0.1, -0.05) is 30.3 Å². The monoisotopic (exact) mass is 361 g/mol. The molecule has 1 aliphatic heterocycles. The lowest BCUT2D eigenvalue weighted by Gasteiger charge is -2.27. The van der Waals surface area contributed by atoms with Crippen LogP contribution in [-0.2, 0) is 24.3 Å². The summed E-state index contributed by atoms with van der Waals surface area (Å²) in [5.74, 6) is -0.357. The van der Waals surface area contributed by atoms with Gasteiger partial charge in [0.2, 0.25) is 5.91 Å². The molecule has 0 saturated carbocycles. The third-order valence-corrected chi connectivity index (χ3v) is 5.36. The quantitative estimate of drug-likeness (QED) is 0.610. The van der Waals surface area contributed by atoms with Crippen LogP contribution in [0.15, 0.2) is 57.7 Å². The normalized spacial score (nSPS) is 14.0. The lowest BCUT2D eigenvalue weighted by Crippen LogP contribution is -2.36. The van der Waals surface area contributed by atoms with Gasteiger partial charge in [-0.05, 0) is 18.2 Å². The molecular weight excluding hydrogens is 342 g/mol. The van der Waals surface area contributed by atoms with E-state index < -0.39 is 5.76 Å². The zero-order valence-corrected chi connectivity index (χ0v) is 14.8. The molecule has 1 amide bonds. The molecule has 6 nitrogen and oxygen atoms in total. The van der Waals surface area contributed by atoms with Gasteiger partial charge in [-0.25, -0.2) is 4.79 Å². The summed E-state index contributed by atoms with van der Waals surface area (Å²) in [5.41, 5.74) is 4.82. The first-order chi connectivity index (χ1) is 13.2. The van der Waals surface area contributed by atoms with Gasteiger partial charge in [-0.15, -0.1) is 0 Å². The second-order valence-electron chi connectivity index (χ2n) is 6.93. The molecule has 0 radical (unpaired) electrons. The number of hydrogen-bond acceptors (Lipinski definition) is 3. The third-order valence-electron chi connectivity index (χ3n) is 5.36. The van der Waals surface area contributed by atoms with Crippen LogP contribution in [0.4, 0.5) is 0 Å². The predicted octanol–water partition coefficient (Wildman–Crippen LogP) is 3.05. The molecule has 1 aliphatic rings. The van der Waals surface area contributed by atoms with Crippen molar-refractivity contribution < 1.29 is 9.21 Å². The number of oxazole rings is 1. The topological polar surface area (TPSA) is 71.2 Å². The fourth-order valence-electron chi connectivity index (χ4n) is 3.97. The van der Waals surface area contributed by atoms with Crippen LogP contribution in [0.5, 0.6) is 0 Å². The molecule has 0 unspecified atom stereocenters. The molecule has 0 spiro atoms. The van der Waals surface area contributed by atoms with Gasteiger partial charge >= 0.3 is 5.76 Å². The van der Waals surface area contributed by atoms with Gasteiger partial charge < -0.3 is 14.3 Å². The van der Waals surface area contributed by atoms with E-state index in [1.807, 2.05) is 35.2 Å². The minimum absolute atomic E-state index is 0.0584. The number of benzene rings is 2. The van der Waals surface area contributed by atoms with Crippen LogP contribution in [0, 0.1) is 0 Å². The second kappa shape index (κ2) is 6.16. The molecule has 5 rings (SSSR count). The molecule has 0 atom stereocenters. The standard InChI is InChI=1S/C21H19N3O3/c25-20(10-12-24-18-7-3-4-8-19(18)27-21(24)26)23-11-9-17-15(13-23)14-5-1-2-6-16(14)22-17/h1-8,22H,9-13H2. The van der Waals surface area contributed by atoms with Crippen molar-refractivity contribution in [2.45, 2.75) is 25.9 Å². The van der Waals surface area contributed by atoms with Gasteiger partial charge in [-0.3, -0.25) is 9.36 Å². The van der Waals surface area contributed by atoms with Crippen molar-refractivity contribution in [1.82, 2.24) is 14.5 Å². The van der Waals surface area contributed by atoms with Crippen molar-refractivity contribution in [3.05, 3.63) is 70.3 Å². The molecular formula is C21H19N3O3. The molecule has 1 N–H and O–H groups in total. The van der Waals surface area contributed by atoms with Gasteiger partial charge in [0.25, 0.3) is 0 Å². The van der Waals surface area contributed by atoms with Crippen LogP contribution < -0.4 is 5.76 Å². The van der Waals surface area contributed by atoms with Gasteiger partial charge in [0.1, 0.15) is 0 Å². The van der Waals surface area contributed by atoms with Crippen molar-refractivity contribution in [1.29, 1.82) is 0 Å². The smallest absolute Gasteiger partial charge is 0.408 e. The van der Waals surface area contributed by atoms with E-state index >= 15 is 0 Å². The van der Waals surface area contributed by atoms with E-state index in [0.717, 1.165) is 17.5 Å². The number of nitrogens with one attached hydrogen (secondary N) is 1. The van der Waals surface area contributed by atoms with E-state index in [1.54, 1.807) is 6.07 Å². The van der Waals surface area contributed by atoms with Gasteiger partial charge in [-0.2, -0.15) is 0 Å². The highest BCUT2D eigenvalue weighted by molar-refractivity contribution is 5.86. The van der Waals surface area contributed by atoms with E-state index in [9.17, 15) is 9.59 Å². The molecule has 3 heterocycles. The molecule has 4 aromatic rings. The average molecular weight is 361 g/mol. The van der Waals surface area contributed by atoms with E-state index in [1.165, 1.54) is 21.2 Å². The van der Waals surface area contributed by atoms with E-state index in [2.05, 4.69) is 17.1 Å². The van der Waals surface area contributed by atoms with Crippen molar-refractivity contribution >= 4 is 27.9 Å². The average Bonchev–Trinajstić information content (AvgIpc) is 3.22. The van der Waals surface area contributed by atoms with E-state index in [-0.39, 0.29) is 12.3 Å². The van der Waals surface area contributed by atoms with Crippen molar-refractivity contribution in [2.24, 2.45) is 0 Å². The number of fused-ring (bicyclic) bond motifs is 4. The Morgan fingerprint density at radius 2 is 1.93 bits per heavy atom. The van der Waals surface area contributed by atoms with Crippen LogP contribution >= 0.6 is 0 Å². The summed E-state index contributed by atoms with van der Waals surface area (Å²) in [7, 11) is 0. The Morgan fingerprint density at radius 1 is 1.11 bits per heavy atom. The molecule has 2 aromatic heterocycles. The zero-order chi connectivity index (χ0) is 18.4. The molecule has 27 heavy (non-hydrogen) atoms. The fraction of sp³-hybridized carbons (Fsp3) is 0.238. The van der Waals surface area contributed by atoms with Gasteiger partial charge in [0.15, 0.2) is 5.58 Å². The summed E-state index contributed by atoms with van der Waals surface area (Å²) in [4.78, 5) is 30.2. The molecule has 6 heteroatoms. The van der Waals surface area contributed by atoms with E-state index in [4.69, 9.17) is 4.42 Å². The van der Waals surface area contributed by atoms with Crippen LogP contribution in [0.2, 0.25) is 0 Å². The highest BCUT2D eigenvalue weighted by Gasteiger charge is 2.24. The second-order valence-corrected chi connectivity index (χ2v) is 6.93. The Kier molecular flexibility index (Phi) is 3.63. The maximum atomic E-state index is 12.8. The largest absolute Gasteiger partial charge is 0.419 e. The number of carbonyl (C=O) groups excluding carboxylic acids is 1. The Balaban J connectivity index is 1.35. The number of aromatic nitrogens is 2. The number of para-hydroxylation sites is 3. The maximum Gasteiger partial charge on any atom is 0.419 e. The first kappa shape index (κ1) is 15.9. The Labute approximate surface area is 155 Å². The van der Waals surface area contributed by atoms with Crippen molar-refractivity contribution in [2.75, 3.05) is 6.54 Å². The summed E-state index contributed by atoms with van der Waals surface area (Å²) >= 11 is 0. The number of amides is 1. The summed E-state index contributed by atoms with van der Waals surface area (Å²) in [6, 6.07) is 15.5. The lowest BCUT2D eigenvalue weighted by molar-refractivity contribution is -0.132. The molecule has 0 bridgehead atoms. The van der Waals surface area contributed by atoms with Crippen LogP contribution in [0.25, 0.3) is 22.0 Å². The van der Waals surface area contributed by atoms with Gasteiger partial charge in [0, 0.05) is 54.6 Å². The minimum atomic E-state index is -0.415. The highest BCUT2D eigenvalue weighted by Crippen LogP contribution is 2.27. The van der Waals surface area contributed by atoms with E-state index in [0.29, 0.717) is 25.2 Å². The SMILES string of the molecule is O=C(CCn1c(=O)oc2ccccc21)N1CCc2[nH]c3ccccc3c2C1. The number of hydrogen-bond donors (Lipinski definition) is 1. The minimum Gasteiger partial charge on any atom is -0.408 e. The number of nitrogens with zero attached hydrogens (tertiary/aromatic N) is 2. The maximum absolute atomic E-state index is 12.8. The Morgan fingerprint density at radius 3 is 2.85 bits per heavy atom. The summed E-state index contributed by atoms with van der Waals surface area (Å²) in [6.07, 6.45) is 1.10. The molecule has 2 aromatic carbocycles. The Bertz CT molecular complexity index is 1210. The van der Waals surface area contributed by atoms with Crippen LogP contribution in [0.1, 0.15) is 17.7 Å². The first-order valence-corrected chi connectivity index (χ1v) is 9.15. The fourth-order valence-corrected chi connectivity index (χ4v) is 3.97. The molecule has 0 saturated heterocycles. The lowest BCUT2D eigenvalue weighted by atomic mass is 10.0. The number of rotatable bonds is 3. The number of H-pyrrole nitrogens is 1. The summed E-state index contributed by atoms with van der Waals surface area (Å²) < 4.78 is 6.78. The van der Waals surface area contributed by atoms with Crippen LogP contribution in [-0.4, -0.2) is 26.9 Å². The molecule has 0 fully saturated rings. The number of aromatic amines is 1. The number of carbonyl (C=O) groups is 1. The Hall–Kier alpha value is -3.28. The zero-order valence-electron chi connectivity index (χ0n) is 14.8. The third kappa shape index (κ3) is 2.65. The molecule has 136 valence electrons. The van der Waals surface area contributed by atoms with Crippen molar-refractivity contribution in [3.63, 3.8) is 0 Å². The summed E-state index contributed by atoms with van der Waals surface area (Å²) in [6.45, 7) is 1.63. The van der Waals surface area contributed by atoms with Gasteiger partial charge in [0.05, 0.1) is 5.52 Å². The highest BCUT2D eigenvalue weighted by atomic mass is 16.4. The van der Waals surface area contributed by atoms with Crippen LogP contribution in [0.3, 0.4) is 0 Å².